The van der Waals surface area contributed by atoms with Gasteiger partial charge in [-0.05, 0) is 36.3 Å². The van der Waals surface area contributed by atoms with Gasteiger partial charge in [0.2, 0.25) is 5.91 Å². The van der Waals surface area contributed by atoms with Gasteiger partial charge in [-0.2, -0.15) is 0 Å². The first kappa shape index (κ1) is 19.4. The topological polar surface area (TPSA) is 73.9 Å². The lowest BCUT2D eigenvalue weighted by molar-refractivity contribution is -0.147. The van der Waals surface area contributed by atoms with Crippen molar-refractivity contribution in [1.29, 1.82) is 0 Å². The molecule has 2 saturated heterocycles. The minimum atomic E-state index is -0.476. The summed E-state index contributed by atoms with van der Waals surface area (Å²) in [5, 5.41) is 0. The number of piperidine rings is 1. The molecule has 4 rings (SSSR count). The summed E-state index contributed by atoms with van der Waals surface area (Å²) in [4.78, 5) is 29.2. The standard InChI is InChI=1S/C21H30N4O3/c1-24(2)20(26)17-13-22-23-18(17)15-7-10-25(11-8-15)21(27)19-16-6-4-3-5-14(16)9-12-28-19/h3-6,15,17-19,22-23H,7-13H2,1-2H3. The summed E-state index contributed by atoms with van der Waals surface area (Å²) in [5.41, 5.74) is 8.69. The molecule has 0 aliphatic carbocycles. The van der Waals surface area contributed by atoms with Gasteiger partial charge in [0.25, 0.3) is 5.91 Å². The van der Waals surface area contributed by atoms with Crippen LogP contribution >= 0.6 is 0 Å². The number of nitrogens with one attached hydrogen (secondary N) is 2. The molecule has 3 atom stereocenters. The molecular weight excluding hydrogens is 356 g/mol. The van der Waals surface area contributed by atoms with Crippen LogP contribution in [-0.2, 0) is 20.7 Å². The average molecular weight is 386 g/mol. The van der Waals surface area contributed by atoms with Crippen LogP contribution in [0.25, 0.3) is 0 Å². The van der Waals surface area contributed by atoms with Crippen LogP contribution in [0.4, 0.5) is 0 Å². The fourth-order valence-electron chi connectivity index (χ4n) is 4.78. The van der Waals surface area contributed by atoms with E-state index in [4.69, 9.17) is 4.74 Å². The number of hydrogen-bond donors (Lipinski definition) is 2. The monoisotopic (exact) mass is 386 g/mol. The van der Waals surface area contributed by atoms with Crippen molar-refractivity contribution in [3.05, 3.63) is 35.4 Å². The Labute approximate surface area is 166 Å². The van der Waals surface area contributed by atoms with Gasteiger partial charge in [0.15, 0.2) is 6.10 Å². The molecule has 28 heavy (non-hydrogen) atoms. The molecule has 0 spiro atoms. The summed E-state index contributed by atoms with van der Waals surface area (Å²) in [7, 11) is 3.61. The van der Waals surface area contributed by atoms with Crippen LogP contribution in [0.2, 0.25) is 0 Å². The third-order valence-corrected chi connectivity index (χ3v) is 6.36. The van der Waals surface area contributed by atoms with Gasteiger partial charge in [0.1, 0.15) is 0 Å². The zero-order valence-corrected chi connectivity index (χ0v) is 16.7. The zero-order valence-electron chi connectivity index (χ0n) is 16.7. The SMILES string of the molecule is CN(C)C(=O)C1CNNC1C1CCN(C(=O)C2OCCc3ccccc32)CC1. The summed E-state index contributed by atoms with van der Waals surface area (Å²) >= 11 is 0. The number of ether oxygens (including phenoxy) is 1. The van der Waals surface area contributed by atoms with Crippen molar-refractivity contribution in [2.45, 2.75) is 31.4 Å². The van der Waals surface area contributed by atoms with E-state index >= 15 is 0 Å². The van der Waals surface area contributed by atoms with E-state index in [-0.39, 0.29) is 23.8 Å². The minimum Gasteiger partial charge on any atom is -0.363 e. The molecule has 1 aromatic rings. The summed E-state index contributed by atoms with van der Waals surface area (Å²) in [6.45, 7) is 2.68. The van der Waals surface area contributed by atoms with Crippen molar-refractivity contribution in [1.82, 2.24) is 20.7 Å². The van der Waals surface area contributed by atoms with E-state index in [1.807, 2.05) is 23.1 Å². The maximum atomic E-state index is 13.1. The fraction of sp³-hybridized carbons (Fsp3) is 0.619. The Morgan fingerprint density at radius 2 is 1.93 bits per heavy atom. The summed E-state index contributed by atoms with van der Waals surface area (Å²) in [5.74, 6) is 0.570. The predicted octanol–water partition coefficient (Wildman–Crippen LogP) is 0.720. The van der Waals surface area contributed by atoms with Crippen LogP contribution in [0.15, 0.2) is 24.3 Å². The molecule has 0 aromatic heterocycles. The van der Waals surface area contributed by atoms with E-state index in [1.54, 1.807) is 19.0 Å². The summed E-state index contributed by atoms with van der Waals surface area (Å²) in [6.07, 6.45) is 2.19. The largest absolute Gasteiger partial charge is 0.363 e. The second-order valence-corrected chi connectivity index (χ2v) is 8.25. The lowest BCUT2D eigenvalue weighted by Gasteiger charge is -2.38. The summed E-state index contributed by atoms with van der Waals surface area (Å²) < 4.78 is 5.86. The van der Waals surface area contributed by atoms with Crippen molar-refractivity contribution in [3.63, 3.8) is 0 Å². The predicted molar refractivity (Wildman–Crippen MR) is 105 cm³/mol. The molecule has 1 aromatic carbocycles. The molecule has 0 saturated carbocycles. The molecule has 2 amide bonds. The van der Waals surface area contributed by atoms with Gasteiger partial charge in [0, 0.05) is 39.8 Å². The highest BCUT2D eigenvalue weighted by Gasteiger charge is 2.41. The van der Waals surface area contributed by atoms with Gasteiger partial charge in [-0.15, -0.1) is 0 Å². The second kappa shape index (κ2) is 8.19. The van der Waals surface area contributed by atoms with Crippen LogP contribution in [0.1, 0.15) is 30.1 Å². The Morgan fingerprint density at radius 3 is 2.68 bits per heavy atom. The number of fused-ring (bicyclic) bond motifs is 1. The van der Waals surface area contributed by atoms with Gasteiger partial charge in [0.05, 0.1) is 12.5 Å². The Morgan fingerprint density at radius 1 is 1.18 bits per heavy atom. The lowest BCUT2D eigenvalue weighted by atomic mass is 9.82. The van der Waals surface area contributed by atoms with Gasteiger partial charge in [-0.1, -0.05) is 24.3 Å². The van der Waals surface area contributed by atoms with E-state index in [9.17, 15) is 9.59 Å². The molecule has 3 unspecified atom stereocenters. The Balaban J connectivity index is 1.38. The van der Waals surface area contributed by atoms with Crippen LogP contribution < -0.4 is 10.9 Å². The van der Waals surface area contributed by atoms with Crippen LogP contribution in [0, 0.1) is 11.8 Å². The molecule has 152 valence electrons. The van der Waals surface area contributed by atoms with E-state index in [1.165, 1.54) is 5.56 Å². The number of hydrazine groups is 1. The third-order valence-electron chi connectivity index (χ3n) is 6.36. The van der Waals surface area contributed by atoms with Gasteiger partial charge in [-0.3, -0.25) is 20.4 Å². The molecule has 7 nitrogen and oxygen atoms in total. The summed E-state index contributed by atoms with van der Waals surface area (Å²) in [6, 6.07) is 8.21. The molecule has 2 N–H and O–H groups in total. The maximum Gasteiger partial charge on any atom is 0.256 e. The van der Waals surface area contributed by atoms with E-state index in [2.05, 4.69) is 16.9 Å². The highest BCUT2D eigenvalue weighted by Crippen LogP contribution is 2.32. The van der Waals surface area contributed by atoms with Crippen LogP contribution in [0.3, 0.4) is 0 Å². The first-order valence-electron chi connectivity index (χ1n) is 10.2. The van der Waals surface area contributed by atoms with Crippen molar-refractivity contribution in [2.75, 3.05) is 40.3 Å². The number of rotatable bonds is 3. The second-order valence-electron chi connectivity index (χ2n) is 8.25. The molecule has 0 bridgehead atoms. The molecule has 3 heterocycles. The normalized spacial score (nSPS) is 28.1. The minimum absolute atomic E-state index is 0.0455. The van der Waals surface area contributed by atoms with Crippen LogP contribution in [0.5, 0.6) is 0 Å². The fourth-order valence-corrected chi connectivity index (χ4v) is 4.78. The third kappa shape index (κ3) is 3.66. The molecule has 2 fully saturated rings. The lowest BCUT2D eigenvalue weighted by Crippen LogP contribution is -2.49. The number of amides is 2. The molecule has 3 aliphatic heterocycles. The number of likely N-dealkylation sites (tertiary alicyclic amines) is 1. The van der Waals surface area contributed by atoms with E-state index in [0.29, 0.717) is 32.2 Å². The molecule has 7 heteroatoms. The van der Waals surface area contributed by atoms with Crippen molar-refractivity contribution in [2.24, 2.45) is 11.8 Å². The maximum absolute atomic E-state index is 13.1. The number of nitrogens with zero attached hydrogens (tertiary/aromatic N) is 2. The Kier molecular flexibility index (Phi) is 5.66. The first-order chi connectivity index (χ1) is 13.6. The van der Waals surface area contributed by atoms with Gasteiger partial charge >= 0.3 is 0 Å². The first-order valence-corrected chi connectivity index (χ1v) is 10.2. The van der Waals surface area contributed by atoms with Gasteiger partial charge < -0.3 is 14.5 Å². The number of benzene rings is 1. The smallest absolute Gasteiger partial charge is 0.256 e. The number of hydrogen-bond acceptors (Lipinski definition) is 5. The van der Waals surface area contributed by atoms with E-state index < -0.39 is 6.10 Å². The quantitative estimate of drug-likeness (QED) is 0.801. The van der Waals surface area contributed by atoms with Crippen LogP contribution in [-0.4, -0.2) is 68.0 Å². The average Bonchev–Trinajstić information content (AvgIpc) is 3.22. The Bertz CT molecular complexity index is 730. The molecule has 3 aliphatic rings. The highest BCUT2D eigenvalue weighted by molar-refractivity contribution is 5.83. The number of carbonyl (C=O) groups excluding carboxylic acids is 2. The van der Waals surface area contributed by atoms with Gasteiger partial charge in [-0.25, -0.2) is 0 Å². The van der Waals surface area contributed by atoms with E-state index in [0.717, 1.165) is 24.8 Å². The Hall–Kier alpha value is -1.96. The highest BCUT2D eigenvalue weighted by atomic mass is 16.5. The van der Waals surface area contributed by atoms with Crippen molar-refractivity contribution >= 4 is 11.8 Å². The van der Waals surface area contributed by atoms with Crippen molar-refractivity contribution in [3.8, 4) is 0 Å². The van der Waals surface area contributed by atoms with Crippen molar-refractivity contribution < 1.29 is 14.3 Å². The zero-order chi connectivity index (χ0) is 19.7. The number of carbonyl (C=O) groups is 2. The molecular formula is C21H30N4O3. The molecule has 0 radical (unpaired) electrons.